The van der Waals surface area contributed by atoms with Crippen molar-refractivity contribution in [3.8, 4) is 11.5 Å². The van der Waals surface area contributed by atoms with Gasteiger partial charge in [0.15, 0.2) is 0 Å². The Kier molecular flexibility index (Phi) is 12.9. The van der Waals surface area contributed by atoms with Crippen LogP contribution in [0.4, 0.5) is 11.4 Å². The number of halogens is 1. The molecule has 0 amide bonds. The van der Waals surface area contributed by atoms with Crippen LogP contribution in [0.5, 0.6) is 11.5 Å². The average Bonchev–Trinajstić information content (AvgIpc) is 3.80. The fraction of sp³-hybridized carbons (Fsp3) is 0.167. The first-order valence-electron chi connectivity index (χ1n) is 15.1. The number of carbonyl (C=O) groups is 2. The van der Waals surface area contributed by atoms with Gasteiger partial charge >= 0.3 is 11.9 Å². The lowest BCUT2D eigenvalue weighted by Gasteiger charge is -2.10. The van der Waals surface area contributed by atoms with Crippen LogP contribution >= 0.6 is 15.9 Å². The van der Waals surface area contributed by atoms with Crippen LogP contribution in [0.3, 0.4) is 0 Å². The topological polar surface area (TPSA) is 189 Å². The number of fused-ring (bicyclic) bond motifs is 2. The number of methoxy groups -OCH3 is 4. The van der Waals surface area contributed by atoms with Crippen molar-refractivity contribution in [1.82, 2.24) is 9.97 Å². The van der Waals surface area contributed by atoms with Crippen LogP contribution in [-0.4, -0.2) is 60.2 Å². The Balaban J connectivity index is 0.000000189. The lowest BCUT2D eigenvalue weighted by molar-refractivity contribution is -0.384. The van der Waals surface area contributed by atoms with E-state index in [0.717, 1.165) is 38.5 Å². The predicted octanol–water partition coefficient (Wildman–Crippen LogP) is 7.91. The number of alkyl halides is 1. The third kappa shape index (κ3) is 9.27. The fourth-order valence-electron chi connectivity index (χ4n) is 5.02. The number of ether oxygens (including phenoxy) is 4. The Morgan fingerprint density at radius 3 is 1.76 bits per heavy atom. The van der Waals surface area contributed by atoms with Gasteiger partial charge in [0.05, 0.1) is 49.4 Å². The van der Waals surface area contributed by atoms with Gasteiger partial charge in [-0.1, -0.05) is 28.1 Å². The first-order chi connectivity index (χ1) is 24.5. The van der Waals surface area contributed by atoms with Gasteiger partial charge in [0, 0.05) is 75.8 Å². The Labute approximate surface area is 299 Å². The van der Waals surface area contributed by atoms with Crippen LogP contribution in [0.15, 0.2) is 91.3 Å². The van der Waals surface area contributed by atoms with Gasteiger partial charge in [-0.25, -0.2) is 9.59 Å². The van der Waals surface area contributed by atoms with Gasteiger partial charge in [-0.3, -0.25) is 20.2 Å². The molecular formula is C36H33BrN4O10. The van der Waals surface area contributed by atoms with E-state index in [4.69, 9.17) is 14.2 Å². The number of nitro groups is 2. The van der Waals surface area contributed by atoms with E-state index in [2.05, 4.69) is 30.6 Å². The standard InChI is InChI=1S/C18H16N2O5.C10H11BrO3.C8H6N2O2/c1-24-17-8-12(18(21)25-2)4-3-11(17)7-13-10-19-16-6-5-14(20(22)23)9-15(13)16;1-13-9-5-7(10(12)14-2)3-4-8(9)6-11;11-10(12)7-1-2-8-6(5-7)3-4-9-8/h3-6,8-10,19H,7H2,1-2H3;3-5H,6H2,1-2H3;1-5,9H. The highest BCUT2D eigenvalue weighted by Gasteiger charge is 2.15. The number of H-pyrrole nitrogens is 2. The van der Waals surface area contributed by atoms with Crippen LogP contribution in [0.2, 0.25) is 0 Å². The molecule has 2 heterocycles. The van der Waals surface area contributed by atoms with Crippen molar-refractivity contribution in [3.05, 3.63) is 139 Å². The Morgan fingerprint density at radius 1 is 0.667 bits per heavy atom. The van der Waals surface area contributed by atoms with Crippen molar-refractivity contribution >= 4 is 61.0 Å². The molecule has 51 heavy (non-hydrogen) atoms. The molecule has 0 unspecified atom stereocenters. The molecule has 0 bridgehead atoms. The lowest BCUT2D eigenvalue weighted by atomic mass is 10.0. The molecule has 0 saturated heterocycles. The molecule has 2 N–H and O–H groups in total. The lowest BCUT2D eigenvalue weighted by Crippen LogP contribution is -2.03. The van der Waals surface area contributed by atoms with E-state index in [9.17, 15) is 29.8 Å². The number of aromatic amines is 2. The number of rotatable bonds is 9. The van der Waals surface area contributed by atoms with Gasteiger partial charge in [0.1, 0.15) is 11.5 Å². The summed E-state index contributed by atoms with van der Waals surface area (Å²) in [6.45, 7) is 0. The number of esters is 2. The molecule has 0 saturated carbocycles. The van der Waals surface area contributed by atoms with Crippen LogP contribution in [0.25, 0.3) is 21.8 Å². The number of nitrogens with zero attached hydrogens (tertiary/aromatic N) is 2. The van der Waals surface area contributed by atoms with Crippen molar-refractivity contribution < 1.29 is 38.4 Å². The minimum Gasteiger partial charge on any atom is -0.496 e. The van der Waals surface area contributed by atoms with Gasteiger partial charge in [0.2, 0.25) is 0 Å². The van der Waals surface area contributed by atoms with E-state index in [1.54, 1.807) is 67.9 Å². The zero-order valence-electron chi connectivity index (χ0n) is 27.9. The summed E-state index contributed by atoms with van der Waals surface area (Å²) >= 11 is 3.33. The zero-order valence-corrected chi connectivity index (χ0v) is 29.5. The first kappa shape index (κ1) is 37.6. The normalized spacial score (nSPS) is 10.3. The number of carbonyl (C=O) groups excluding carboxylic acids is 2. The summed E-state index contributed by atoms with van der Waals surface area (Å²) in [6.07, 6.45) is 4.09. The summed E-state index contributed by atoms with van der Waals surface area (Å²) in [6, 6.07) is 21.5. The highest BCUT2D eigenvalue weighted by molar-refractivity contribution is 9.08. The molecule has 0 atom stereocenters. The quantitative estimate of drug-likeness (QED) is 0.0634. The van der Waals surface area contributed by atoms with Crippen LogP contribution in [0.1, 0.15) is 37.4 Å². The maximum atomic E-state index is 11.6. The van der Waals surface area contributed by atoms with E-state index in [-0.39, 0.29) is 17.3 Å². The number of hydrogen-bond donors (Lipinski definition) is 2. The number of benzene rings is 4. The number of nitro benzene ring substituents is 2. The molecule has 6 rings (SSSR count). The van der Waals surface area contributed by atoms with Gasteiger partial charge in [0.25, 0.3) is 11.4 Å². The van der Waals surface area contributed by atoms with Crippen LogP contribution in [-0.2, 0) is 21.2 Å². The zero-order chi connectivity index (χ0) is 37.1. The molecular weight excluding hydrogens is 728 g/mol. The minimum atomic E-state index is -0.437. The molecule has 2 aromatic heterocycles. The van der Waals surface area contributed by atoms with Crippen molar-refractivity contribution in [2.75, 3.05) is 28.4 Å². The molecule has 4 aromatic carbocycles. The third-order valence-electron chi connectivity index (χ3n) is 7.65. The number of non-ortho nitro benzene ring substituents is 2. The summed E-state index contributed by atoms with van der Waals surface area (Å²) in [5.74, 6) is 0.449. The van der Waals surface area contributed by atoms with Crippen LogP contribution in [0, 0.1) is 20.2 Å². The minimum absolute atomic E-state index is 0.0429. The summed E-state index contributed by atoms with van der Waals surface area (Å²) in [4.78, 5) is 49.5. The highest BCUT2D eigenvalue weighted by Crippen LogP contribution is 2.29. The Hall–Kier alpha value is -6.22. The summed E-state index contributed by atoms with van der Waals surface area (Å²) < 4.78 is 19.8. The van der Waals surface area contributed by atoms with Gasteiger partial charge in [-0.2, -0.15) is 0 Å². The SMILES string of the molecule is COC(=O)c1ccc(CBr)c(OC)c1.COC(=O)c1ccc(Cc2c[nH]c3ccc([N+](=O)[O-])cc23)c(OC)c1.O=[N+]([O-])c1ccc2[nH]ccc2c1. The maximum absolute atomic E-state index is 11.6. The predicted molar refractivity (Wildman–Crippen MR) is 194 cm³/mol. The fourth-order valence-corrected chi connectivity index (χ4v) is 5.48. The molecule has 264 valence electrons. The van der Waals surface area contributed by atoms with Crippen molar-refractivity contribution in [2.45, 2.75) is 11.8 Å². The van der Waals surface area contributed by atoms with Crippen LogP contribution < -0.4 is 9.47 Å². The molecule has 14 nitrogen and oxygen atoms in total. The van der Waals surface area contributed by atoms with Crippen molar-refractivity contribution in [3.63, 3.8) is 0 Å². The highest BCUT2D eigenvalue weighted by atomic mass is 79.9. The molecule has 0 aliphatic heterocycles. The van der Waals surface area contributed by atoms with E-state index in [1.165, 1.54) is 33.5 Å². The van der Waals surface area contributed by atoms with E-state index < -0.39 is 15.8 Å². The summed E-state index contributed by atoms with van der Waals surface area (Å²) in [5.41, 5.74) is 5.58. The molecule has 0 radical (unpaired) electrons. The molecule has 0 fully saturated rings. The van der Waals surface area contributed by atoms with E-state index in [1.807, 2.05) is 18.3 Å². The maximum Gasteiger partial charge on any atom is 0.337 e. The van der Waals surface area contributed by atoms with Crippen molar-refractivity contribution in [1.29, 1.82) is 0 Å². The van der Waals surface area contributed by atoms with E-state index in [0.29, 0.717) is 34.4 Å². The van der Waals surface area contributed by atoms with Crippen molar-refractivity contribution in [2.24, 2.45) is 0 Å². The van der Waals surface area contributed by atoms with E-state index >= 15 is 0 Å². The average molecular weight is 762 g/mol. The van der Waals surface area contributed by atoms with Gasteiger partial charge < -0.3 is 28.9 Å². The summed E-state index contributed by atoms with van der Waals surface area (Å²) in [7, 11) is 5.78. The molecule has 0 aliphatic rings. The summed E-state index contributed by atoms with van der Waals surface area (Å²) in [5, 5.41) is 23.7. The number of hydrogen-bond acceptors (Lipinski definition) is 10. The van der Waals surface area contributed by atoms with Gasteiger partial charge in [-0.05, 0) is 53.6 Å². The largest absolute Gasteiger partial charge is 0.496 e. The second kappa shape index (κ2) is 17.4. The number of aromatic nitrogens is 2. The Morgan fingerprint density at radius 2 is 1.22 bits per heavy atom. The number of nitrogens with one attached hydrogen (secondary N) is 2. The second-order valence-electron chi connectivity index (χ2n) is 10.7. The smallest absolute Gasteiger partial charge is 0.337 e. The first-order valence-corrected chi connectivity index (χ1v) is 16.2. The third-order valence-corrected chi connectivity index (χ3v) is 8.25. The molecule has 6 aromatic rings. The Bertz CT molecular complexity index is 2190. The van der Waals surface area contributed by atoms with Gasteiger partial charge in [-0.15, -0.1) is 0 Å². The molecule has 15 heteroatoms. The molecule has 0 spiro atoms. The monoisotopic (exact) mass is 760 g/mol. The molecule has 0 aliphatic carbocycles. The second-order valence-corrected chi connectivity index (χ2v) is 11.2.